The molecule has 2 unspecified atom stereocenters. The van der Waals surface area contributed by atoms with E-state index in [0.717, 1.165) is 0 Å². The van der Waals surface area contributed by atoms with Crippen molar-refractivity contribution in [3.8, 4) is 0 Å². The molecule has 0 amide bonds. The SMILES string of the molecule is COC(=O)CC(C)C(O)c1cccc(Cl)c1Cl. The lowest BCUT2D eigenvalue weighted by atomic mass is 9.94. The molecule has 5 heteroatoms. The van der Waals surface area contributed by atoms with Crippen molar-refractivity contribution in [2.24, 2.45) is 5.92 Å². The Morgan fingerprint density at radius 1 is 1.47 bits per heavy atom. The maximum absolute atomic E-state index is 11.1. The summed E-state index contributed by atoms with van der Waals surface area (Å²) >= 11 is 11.9. The van der Waals surface area contributed by atoms with E-state index in [4.69, 9.17) is 23.2 Å². The van der Waals surface area contributed by atoms with Crippen molar-refractivity contribution in [2.45, 2.75) is 19.4 Å². The molecule has 0 spiro atoms. The number of benzene rings is 1. The number of esters is 1. The van der Waals surface area contributed by atoms with Crippen molar-refractivity contribution in [1.82, 2.24) is 0 Å². The van der Waals surface area contributed by atoms with E-state index in [0.29, 0.717) is 15.6 Å². The standard InChI is InChI=1S/C12H14Cl2O3/c1-7(6-10(15)17-2)12(16)8-4-3-5-9(13)11(8)14/h3-5,7,12,16H,6H2,1-2H3. The molecule has 0 aliphatic rings. The Bertz CT molecular complexity index is 407. The van der Waals surface area contributed by atoms with Crippen molar-refractivity contribution in [3.05, 3.63) is 33.8 Å². The van der Waals surface area contributed by atoms with Gasteiger partial charge in [-0.2, -0.15) is 0 Å². The minimum atomic E-state index is -0.847. The van der Waals surface area contributed by atoms with Gasteiger partial charge in [-0.15, -0.1) is 0 Å². The van der Waals surface area contributed by atoms with Gasteiger partial charge in [0, 0.05) is 5.56 Å². The molecule has 0 bridgehead atoms. The average Bonchev–Trinajstić information content (AvgIpc) is 2.31. The predicted octanol–water partition coefficient (Wildman–Crippen LogP) is 3.23. The molecule has 0 aliphatic heterocycles. The Labute approximate surface area is 110 Å². The lowest BCUT2D eigenvalue weighted by molar-refractivity contribution is -0.142. The number of aliphatic hydroxyl groups is 1. The second-order valence-electron chi connectivity index (χ2n) is 3.85. The van der Waals surface area contributed by atoms with Crippen molar-refractivity contribution in [3.63, 3.8) is 0 Å². The van der Waals surface area contributed by atoms with Crippen molar-refractivity contribution >= 4 is 29.2 Å². The van der Waals surface area contributed by atoms with Crippen molar-refractivity contribution < 1.29 is 14.6 Å². The smallest absolute Gasteiger partial charge is 0.305 e. The molecule has 0 aromatic heterocycles. The van der Waals surface area contributed by atoms with Gasteiger partial charge in [-0.25, -0.2) is 0 Å². The minimum Gasteiger partial charge on any atom is -0.469 e. The second kappa shape index (κ2) is 6.24. The van der Waals surface area contributed by atoms with Crippen LogP contribution in [0.15, 0.2) is 18.2 Å². The largest absolute Gasteiger partial charge is 0.469 e. The number of carbonyl (C=O) groups is 1. The predicted molar refractivity (Wildman–Crippen MR) is 67.2 cm³/mol. The fourth-order valence-electron chi connectivity index (χ4n) is 1.51. The molecule has 3 nitrogen and oxygen atoms in total. The molecular formula is C12H14Cl2O3. The first-order valence-electron chi connectivity index (χ1n) is 5.16. The molecule has 0 radical (unpaired) electrons. The number of carbonyl (C=O) groups excluding carboxylic acids is 1. The van der Waals surface area contributed by atoms with Crippen LogP contribution < -0.4 is 0 Å². The Morgan fingerprint density at radius 3 is 2.71 bits per heavy atom. The Hall–Kier alpha value is -0.770. The molecule has 94 valence electrons. The van der Waals surface area contributed by atoms with Gasteiger partial charge in [0.2, 0.25) is 0 Å². The summed E-state index contributed by atoms with van der Waals surface area (Å²) in [7, 11) is 1.31. The lowest BCUT2D eigenvalue weighted by Gasteiger charge is -2.19. The van der Waals surface area contributed by atoms with Gasteiger partial charge in [0.25, 0.3) is 0 Å². The van der Waals surface area contributed by atoms with Crippen LogP contribution in [0.4, 0.5) is 0 Å². The summed E-state index contributed by atoms with van der Waals surface area (Å²) in [6.07, 6.45) is -0.721. The highest BCUT2D eigenvalue weighted by molar-refractivity contribution is 6.42. The zero-order chi connectivity index (χ0) is 13.0. The number of hydrogen-bond donors (Lipinski definition) is 1. The first-order valence-corrected chi connectivity index (χ1v) is 5.91. The maximum atomic E-state index is 11.1. The molecule has 2 atom stereocenters. The fraction of sp³-hybridized carbons (Fsp3) is 0.417. The molecule has 0 saturated heterocycles. The third-order valence-electron chi connectivity index (χ3n) is 2.56. The number of hydrogen-bond acceptors (Lipinski definition) is 3. The summed E-state index contributed by atoms with van der Waals surface area (Å²) in [6, 6.07) is 5.04. The highest BCUT2D eigenvalue weighted by Crippen LogP contribution is 2.34. The number of methoxy groups -OCH3 is 1. The summed E-state index contributed by atoms with van der Waals surface area (Å²) in [5.41, 5.74) is 0.524. The molecule has 0 aliphatic carbocycles. The number of rotatable bonds is 4. The monoisotopic (exact) mass is 276 g/mol. The normalized spacial score (nSPS) is 14.2. The van der Waals surface area contributed by atoms with E-state index in [2.05, 4.69) is 4.74 Å². The lowest BCUT2D eigenvalue weighted by Crippen LogP contribution is -2.15. The van der Waals surface area contributed by atoms with Crippen LogP contribution in [0.3, 0.4) is 0 Å². The van der Waals surface area contributed by atoms with E-state index < -0.39 is 6.10 Å². The summed E-state index contributed by atoms with van der Waals surface area (Å²) in [4.78, 5) is 11.1. The summed E-state index contributed by atoms with van der Waals surface area (Å²) in [5.74, 6) is -0.659. The van der Waals surface area contributed by atoms with Gasteiger partial charge in [-0.3, -0.25) is 4.79 Å². The van der Waals surface area contributed by atoms with E-state index in [1.807, 2.05) is 0 Å². The van der Waals surface area contributed by atoms with Crippen LogP contribution in [0, 0.1) is 5.92 Å². The fourth-order valence-corrected chi connectivity index (χ4v) is 1.93. The molecule has 1 aromatic rings. The molecule has 1 aromatic carbocycles. The van der Waals surface area contributed by atoms with Gasteiger partial charge in [-0.05, 0) is 12.0 Å². The third-order valence-corrected chi connectivity index (χ3v) is 3.39. The Kier molecular flexibility index (Phi) is 5.25. The zero-order valence-electron chi connectivity index (χ0n) is 9.61. The van der Waals surface area contributed by atoms with Crippen LogP contribution in [0.25, 0.3) is 0 Å². The van der Waals surface area contributed by atoms with Crippen molar-refractivity contribution in [2.75, 3.05) is 7.11 Å². The molecule has 0 heterocycles. The first-order chi connectivity index (χ1) is 7.97. The average molecular weight is 277 g/mol. The Balaban J connectivity index is 2.85. The van der Waals surface area contributed by atoms with Crippen LogP contribution in [-0.2, 0) is 9.53 Å². The number of aliphatic hydroxyl groups excluding tert-OH is 1. The minimum absolute atomic E-state index is 0.126. The second-order valence-corrected chi connectivity index (χ2v) is 4.63. The van der Waals surface area contributed by atoms with E-state index in [-0.39, 0.29) is 18.3 Å². The maximum Gasteiger partial charge on any atom is 0.305 e. The van der Waals surface area contributed by atoms with Crippen LogP contribution in [-0.4, -0.2) is 18.2 Å². The highest BCUT2D eigenvalue weighted by Gasteiger charge is 2.22. The summed E-state index contributed by atoms with van der Waals surface area (Å²) < 4.78 is 4.55. The van der Waals surface area contributed by atoms with Crippen LogP contribution in [0.2, 0.25) is 10.0 Å². The van der Waals surface area contributed by atoms with Gasteiger partial charge >= 0.3 is 5.97 Å². The molecule has 0 saturated carbocycles. The van der Waals surface area contributed by atoms with Gasteiger partial charge in [0.15, 0.2) is 0 Å². The van der Waals surface area contributed by atoms with Gasteiger partial charge < -0.3 is 9.84 Å². The van der Waals surface area contributed by atoms with Gasteiger partial charge in [0.1, 0.15) is 0 Å². The molecule has 1 rings (SSSR count). The molecule has 17 heavy (non-hydrogen) atoms. The topological polar surface area (TPSA) is 46.5 Å². The summed E-state index contributed by atoms with van der Waals surface area (Å²) in [6.45, 7) is 1.75. The number of ether oxygens (including phenoxy) is 1. The van der Waals surface area contributed by atoms with Gasteiger partial charge in [-0.1, -0.05) is 42.3 Å². The number of halogens is 2. The molecule has 0 fully saturated rings. The van der Waals surface area contributed by atoms with Crippen molar-refractivity contribution in [1.29, 1.82) is 0 Å². The molecule has 1 N–H and O–H groups in total. The highest BCUT2D eigenvalue weighted by atomic mass is 35.5. The van der Waals surface area contributed by atoms with Gasteiger partial charge in [0.05, 0.1) is 29.7 Å². The zero-order valence-corrected chi connectivity index (χ0v) is 11.1. The van der Waals surface area contributed by atoms with Crippen LogP contribution >= 0.6 is 23.2 Å². The van der Waals surface area contributed by atoms with E-state index in [1.54, 1.807) is 25.1 Å². The third kappa shape index (κ3) is 3.60. The van der Waals surface area contributed by atoms with E-state index in [1.165, 1.54) is 7.11 Å². The molecular weight excluding hydrogens is 263 g/mol. The van der Waals surface area contributed by atoms with E-state index >= 15 is 0 Å². The van der Waals surface area contributed by atoms with E-state index in [9.17, 15) is 9.90 Å². The Morgan fingerprint density at radius 2 is 2.12 bits per heavy atom. The quantitative estimate of drug-likeness (QED) is 0.859. The van der Waals surface area contributed by atoms with Crippen LogP contribution in [0.5, 0.6) is 0 Å². The van der Waals surface area contributed by atoms with Crippen LogP contribution in [0.1, 0.15) is 25.0 Å². The first kappa shape index (κ1) is 14.3. The summed E-state index contributed by atoms with van der Waals surface area (Å²) in [5, 5.41) is 10.8.